The molecule has 0 aliphatic rings. The zero-order valence-electron chi connectivity index (χ0n) is 10.6. The molecule has 0 radical (unpaired) electrons. The molecule has 0 fully saturated rings. The van der Waals surface area contributed by atoms with Crippen LogP contribution in [0, 0.1) is 17.0 Å². The van der Waals surface area contributed by atoms with E-state index in [1.807, 2.05) is 0 Å². The van der Waals surface area contributed by atoms with Gasteiger partial charge in [-0.3, -0.25) is 10.1 Å². The highest BCUT2D eigenvalue weighted by Gasteiger charge is 2.10. The number of hydrogen-bond acceptors (Lipinski definition) is 3. The van der Waals surface area contributed by atoms with Gasteiger partial charge in [0.05, 0.1) is 4.92 Å². The maximum atomic E-state index is 10.7. The number of benzene rings is 2. The van der Waals surface area contributed by atoms with Crippen LogP contribution in [0.1, 0.15) is 11.1 Å². The average molecular weight is 312 g/mol. The number of ether oxygens (including phenoxy) is 1. The molecule has 0 spiro atoms. The quantitative estimate of drug-likeness (QED) is 0.449. The van der Waals surface area contributed by atoms with Crippen molar-refractivity contribution >= 4 is 28.9 Å². The Hall–Kier alpha value is -1.78. The minimum atomic E-state index is -0.442. The number of non-ortho nitro benzene ring substituents is 1. The standard InChI is InChI=1S/C14H11Cl2NO3/c1-9-6-11(17(18)19)3-5-14(9)20-12-4-2-10(8-15)13(16)7-12/h2-7H,8H2,1H3. The summed E-state index contributed by atoms with van der Waals surface area (Å²) in [6.07, 6.45) is 0. The Morgan fingerprint density at radius 2 is 2.00 bits per heavy atom. The average Bonchev–Trinajstić information content (AvgIpc) is 2.41. The van der Waals surface area contributed by atoms with Crippen molar-refractivity contribution in [3.63, 3.8) is 0 Å². The maximum Gasteiger partial charge on any atom is 0.269 e. The minimum Gasteiger partial charge on any atom is -0.457 e. The highest BCUT2D eigenvalue weighted by molar-refractivity contribution is 6.32. The molecular formula is C14H11Cl2NO3. The van der Waals surface area contributed by atoms with Gasteiger partial charge in [0.25, 0.3) is 5.69 Å². The third kappa shape index (κ3) is 3.21. The highest BCUT2D eigenvalue weighted by Crippen LogP contribution is 2.30. The fourth-order valence-electron chi connectivity index (χ4n) is 1.69. The van der Waals surface area contributed by atoms with Gasteiger partial charge in [-0.05, 0) is 36.2 Å². The number of nitrogens with zero attached hydrogens (tertiary/aromatic N) is 1. The SMILES string of the molecule is Cc1cc([N+](=O)[O-])ccc1Oc1ccc(CCl)c(Cl)c1. The van der Waals surface area contributed by atoms with E-state index in [4.69, 9.17) is 27.9 Å². The van der Waals surface area contributed by atoms with Gasteiger partial charge in [-0.15, -0.1) is 11.6 Å². The molecule has 0 saturated heterocycles. The molecule has 0 aromatic heterocycles. The molecule has 6 heteroatoms. The van der Waals surface area contributed by atoms with Gasteiger partial charge in [0.15, 0.2) is 0 Å². The summed E-state index contributed by atoms with van der Waals surface area (Å²) in [7, 11) is 0. The zero-order chi connectivity index (χ0) is 14.7. The Labute approximate surface area is 126 Å². The Bertz CT molecular complexity index is 659. The molecule has 0 heterocycles. The van der Waals surface area contributed by atoms with Crippen molar-refractivity contribution in [2.24, 2.45) is 0 Å². The first-order valence-corrected chi connectivity index (χ1v) is 6.70. The molecule has 2 aromatic carbocycles. The van der Waals surface area contributed by atoms with E-state index in [0.717, 1.165) is 5.56 Å². The fourth-order valence-corrected chi connectivity index (χ4v) is 2.23. The largest absolute Gasteiger partial charge is 0.457 e. The molecule has 4 nitrogen and oxygen atoms in total. The summed E-state index contributed by atoms with van der Waals surface area (Å²) in [5.41, 5.74) is 1.53. The number of alkyl halides is 1. The summed E-state index contributed by atoms with van der Waals surface area (Å²) in [5.74, 6) is 1.43. The summed E-state index contributed by atoms with van der Waals surface area (Å²) < 4.78 is 5.67. The van der Waals surface area contributed by atoms with Crippen molar-refractivity contribution in [1.82, 2.24) is 0 Å². The molecule has 104 valence electrons. The Morgan fingerprint density at radius 3 is 2.55 bits per heavy atom. The van der Waals surface area contributed by atoms with Crippen LogP contribution < -0.4 is 4.74 Å². The van der Waals surface area contributed by atoms with E-state index in [9.17, 15) is 10.1 Å². The van der Waals surface area contributed by atoms with Gasteiger partial charge >= 0.3 is 0 Å². The van der Waals surface area contributed by atoms with Gasteiger partial charge in [0, 0.05) is 23.0 Å². The number of halogens is 2. The second-order valence-corrected chi connectivity index (χ2v) is 4.87. The minimum absolute atomic E-state index is 0.0328. The summed E-state index contributed by atoms with van der Waals surface area (Å²) in [6.45, 7) is 1.75. The van der Waals surface area contributed by atoms with E-state index >= 15 is 0 Å². The molecule has 0 saturated carbocycles. The van der Waals surface area contributed by atoms with Crippen molar-refractivity contribution in [1.29, 1.82) is 0 Å². The molecule has 0 atom stereocenters. The lowest BCUT2D eigenvalue weighted by molar-refractivity contribution is -0.384. The molecule has 0 N–H and O–H groups in total. The maximum absolute atomic E-state index is 10.7. The van der Waals surface area contributed by atoms with Crippen LogP contribution in [0.15, 0.2) is 36.4 Å². The van der Waals surface area contributed by atoms with Crippen LogP contribution in [0.5, 0.6) is 11.5 Å². The van der Waals surface area contributed by atoms with E-state index in [2.05, 4.69) is 0 Å². The third-order valence-electron chi connectivity index (χ3n) is 2.77. The second kappa shape index (κ2) is 6.11. The first kappa shape index (κ1) is 14.6. The van der Waals surface area contributed by atoms with Crippen LogP contribution in [0.4, 0.5) is 5.69 Å². The molecule has 2 aromatic rings. The van der Waals surface area contributed by atoms with E-state index in [0.29, 0.717) is 28.0 Å². The Balaban J connectivity index is 2.26. The predicted octanol–water partition coefficient (Wildman–Crippen LogP) is 5.09. The van der Waals surface area contributed by atoms with E-state index < -0.39 is 4.92 Å². The molecule has 2 rings (SSSR count). The first-order valence-electron chi connectivity index (χ1n) is 5.78. The Morgan fingerprint density at radius 1 is 1.25 bits per heavy atom. The van der Waals surface area contributed by atoms with Crippen molar-refractivity contribution in [2.75, 3.05) is 0 Å². The lowest BCUT2D eigenvalue weighted by atomic mass is 10.2. The third-order valence-corrected chi connectivity index (χ3v) is 3.41. The molecular weight excluding hydrogens is 301 g/mol. The Kier molecular flexibility index (Phi) is 4.47. The first-order chi connectivity index (χ1) is 9.51. The smallest absolute Gasteiger partial charge is 0.269 e. The monoisotopic (exact) mass is 311 g/mol. The van der Waals surface area contributed by atoms with Crippen molar-refractivity contribution in [2.45, 2.75) is 12.8 Å². The summed E-state index contributed by atoms with van der Waals surface area (Å²) in [6, 6.07) is 9.63. The van der Waals surface area contributed by atoms with Gasteiger partial charge < -0.3 is 4.74 Å². The van der Waals surface area contributed by atoms with Gasteiger partial charge in [-0.25, -0.2) is 0 Å². The summed E-state index contributed by atoms with van der Waals surface area (Å²) >= 11 is 11.8. The van der Waals surface area contributed by atoms with Crippen LogP contribution in [-0.2, 0) is 5.88 Å². The lowest BCUT2D eigenvalue weighted by Crippen LogP contribution is -1.92. The molecule has 20 heavy (non-hydrogen) atoms. The van der Waals surface area contributed by atoms with Crippen LogP contribution in [0.3, 0.4) is 0 Å². The number of nitro benzene ring substituents is 1. The predicted molar refractivity (Wildman–Crippen MR) is 78.9 cm³/mol. The second-order valence-electron chi connectivity index (χ2n) is 4.20. The van der Waals surface area contributed by atoms with E-state index in [-0.39, 0.29) is 5.69 Å². The number of hydrogen-bond donors (Lipinski definition) is 0. The normalized spacial score (nSPS) is 10.3. The number of nitro groups is 1. The summed E-state index contributed by atoms with van der Waals surface area (Å²) in [5, 5.41) is 11.2. The van der Waals surface area contributed by atoms with E-state index in [1.54, 1.807) is 31.2 Å². The van der Waals surface area contributed by atoms with Crippen LogP contribution in [0.25, 0.3) is 0 Å². The number of rotatable bonds is 4. The van der Waals surface area contributed by atoms with Crippen LogP contribution in [0.2, 0.25) is 5.02 Å². The van der Waals surface area contributed by atoms with Crippen molar-refractivity contribution in [3.8, 4) is 11.5 Å². The van der Waals surface area contributed by atoms with Gasteiger partial charge in [0.2, 0.25) is 0 Å². The fraction of sp³-hybridized carbons (Fsp3) is 0.143. The highest BCUT2D eigenvalue weighted by atomic mass is 35.5. The number of aryl methyl sites for hydroxylation is 1. The van der Waals surface area contributed by atoms with Gasteiger partial charge in [-0.2, -0.15) is 0 Å². The van der Waals surface area contributed by atoms with E-state index in [1.165, 1.54) is 12.1 Å². The molecule has 0 unspecified atom stereocenters. The molecule has 0 bridgehead atoms. The van der Waals surface area contributed by atoms with Crippen molar-refractivity contribution in [3.05, 3.63) is 62.7 Å². The zero-order valence-corrected chi connectivity index (χ0v) is 12.1. The molecule has 0 aliphatic heterocycles. The molecule has 0 amide bonds. The lowest BCUT2D eigenvalue weighted by Gasteiger charge is -2.10. The molecule has 0 aliphatic carbocycles. The van der Waals surface area contributed by atoms with Crippen molar-refractivity contribution < 1.29 is 9.66 Å². The summed E-state index contributed by atoms with van der Waals surface area (Å²) in [4.78, 5) is 10.2. The van der Waals surface area contributed by atoms with Gasteiger partial charge in [-0.1, -0.05) is 17.7 Å². The van der Waals surface area contributed by atoms with Crippen LogP contribution >= 0.6 is 23.2 Å². The van der Waals surface area contributed by atoms with Crippen LogP contribution in [-0.4, -0.2) is 4.92 Å². The topological polar surface area (TPSA) is 52.4 Å². The van der Waals surface area contributed by atoms with Gasteiger partial charge in [0.1, 0.15) is 11.5 Å².